The third kappa shape index (κ3) is 2.98. The highest BCUT2D eigenvalue weighted by atomic mass is 32.2. The molecule has 1 aromatic heterocycles. The Morgan fingerprint density at radius 2 is 1.91 bits per heavy atom. The van der Waals surface area contributed by atoms with Crippen molar-refractivity contribution in [1.82, 2.24) is 15.0 Å². The largest absolute Gasteiger partial charge is 0.476 e. The first-order chi connectivity index (χ1) is 11.1. The Labute approximate surface area is 138 Å². The van der Waals surface area contributed by atoms with Gasteiger partial charge in [0, 0.05) is 10.5 Å². The molecule has 0 saturated carbocycles. The summed E-state index contributed by atoms with van der Waals surface area (Å²) in [6.45, 7) is 1.99. The van der Waals surface area contributed by atoms with Gasteiger partial charge in [-0.05, 0) is 31.4 Å². The Morgan fingerprint density at radius 1 is 1.17 bits per heavy atom. The normalized spacial score (nSPS) is 10.7. The molecule has 0 amide bonds. The molecule has 6 heteroatoms. The fourth-order valence-electron chi connectivity index (χ4n) is 2.32. The predicted molar refractivity (Wildman–Crippen MR) is 90.3 cm³/mol. The Morgan fingerprint density at radius 3 is 2.57 bits per heavy atom. The van der Waals surface area contributed by atoms with E-state index in [0.29, 0.717) is 5.69 Å². The van der Waals surface area contributed by atoms with Crippen LogP contribution in [-0.2, 0) is 0 Å². The molecule has 2 aromatic carbocycles. The third-order valence-corrected chi connectivity index (χ3v) is 4.22. The van der Waals surface area contributed by atoms with E-state index in [2.05, 4.69) is 10.3 Å². The van der Waals surface area contributed by atoms with Gasteiger partial charge < -0.3 is 5.11 Å². The van der Waals surface area contributed by atoms with Crippen LogP contribution in [0.25, 0.3) is 16.9 Å². The number of hydrogen-bond donors (Lipinski definition) is 1. The average Bonchev–Trinajstić information content (AvgIpc) is 3.01. The Bertz CT molecular complexity index is 857. The molecule has 1 N–H and O–H groups in total. The SMILES string of the molecule is CSc1cccc(-n2nnc(C(=O)O)c2-c2ccc(C)cc2)c1. The number of aryl methyl sites for hydroxylation is 1. The first kappa shape index (κ1) is 15.3. The summed E-state index contributed by atoms with van der Waals surface area (Å²) in [5.41, 5.74) is 3.09. The van der Waals surface area contributed by atoms with Crippen LogP contribution in [0.15, 0.2) is 53.4 Å². The standard InChI is InChI=1S/C17H15N3O2S/c1-11-6-8-12(9-7-11)16-15(17(21)22)18-19-20(16)13-4-3-5-14(10-13)23-2/h3-10H,1-2H3,(H,21,22). The summed E-state index contributed by atoms with van der Waals surface area (Å²) in [6.07, 6.45) is 1.99. The molecule has 23 heavy (non-hydrogen) atoms. The molecule has 0 atom stereocenters. The zero-order chi connectivity index (χ0) is 16.4. The van der Waals surface area contributed by atoms with Gasteiger partial charge in [0.25, 0.3) is 0 Å². The first-order valence-electron chi connectivity index (χ1n) is 7.00. The average molecular weight is 325 g/mol. The molecule has 0 aliphatic carbocycles. The van der Waals surface area contributed by atoms with Crippen molar-refractivity contribution >= 4 is 17.7 Å². The number of rotatable bonds is 4. The molecule has 1 heterocycles. The van der Waals surface area contributed by atoms with Gasteiger partial charge in [0.2, 0.25) is 0 Å². The lowest BCUT2D eigenvalue weighted by atomic mass is 10.1. The van der Waals surface area contributed by atoms with Crippen molar-refractivity contribution in [2.45, 2.75) is 11.8 Å². The van der Waals surface area contributed by atoms with Crippen molar-refractivity contribution < 1.29 is 9.90 Å². The van der Waals surface area contributed by atoms with Crippen molar-refractivity contribution in [3.8, 4) is 16.9 Å². The molecule has 0 saturated heterocycles. The molecule has 3 aromatic rings. The summed E-state index contributed by atoms with van der Waals surface area (Å²) in [4.78, 5) is 12.6. The second kappa shape index (κ2) is 6.26. The zero-order valence-corrected chi connectivity index (χ0v) is 13.5. The van der Waals surface area contributed by atoms with Gasteiger partial charge in [0.05, 0.1) is 5.69 Å². The number of aromatic nitrogens is 3. The molecular weight excluding hydrogens is 310 g/mol. The van der Waals surface area contributed by atoms with E-state index in [9.17, 15) is 9.90 Å². The Balaban J connectivity index is 2.21. The van der Waals surface area contributed by atoms with E-state index in [1.54, 1.807) is 16.4 Å². The molecule has 0 radical (unpaired) electrons. The lowest BCUT2D eigenvalue weighted by Gasteiger charge is -2.09. The number of carbonyl (C=O) groups is 1. The minimum absolute atomic E-state index is 0.0524. The molecule has 0 bridgehead atoms. The topological polar surface area (TPSA) is 68.0 Å². The van der Waals surface area contributed by atoms with Crippen LogP contribution in [0.1, 0.15) is 16.1 Å². The van der Waals surface area contributed by atoms with Gasteiger partial charge in [0.1, 0.15) is 5.69 Å². The van der Waals surface area contributed by atoms with Crippen LogP contribution >= 0.6 is 11.8 Å². The van der Waals surface area contributed by atoms with Crippen LogP contribution in [0.4, 0.5) is 0 Å². The molecular formula is C17H15N3O2S. The fraction of sp³-hybridized carbons (Fsp3) is 0.118. The first-order valence-corrected chi connectivity index (χ1v) is 8.23. The maximum atomic E-state index is 11.5. The number of carboxylic acids is 1. The number of thioether (sulfide) groups is 1. The highest BCUT2D eigenvalue weighted by molar-refractivity contribution is 7.98. The Kier molecular flexibility index (Phi) is 4.16. The maximum absolute atomic E-state index is 11.5. The van der Waals surface area contributed by atoms with Crippen LogP contribution < -0.4 is 0 Å². The molecule has 0 fully saturated rings. The van der Waals surface area contributed by atoms with Crippen LogP contribution in [-0.4, -0.2) is 32.3 Å². The highest BCUT2D eigenvalue weighted by Crippen LogP contribution is 2.27. The number of nitrogens with zero attached hydrogens (tertiary/aromatic N) is 3. The van der Waals surface area contributed by atoms with Gasteiger partial charge in [-0.3, -0.25) is 0 Å². The second-order valence-electron chi connectivity index (χ2n) is 5.07. The third-order valence-electron chi connectivity index (χ3n) is 3.50. The molecule has 0 spiro atoms. The van der Waals surface area contributed by atoms with Crippen LogP contribution in [0.2, 0.25) is 0 Å². The summed E-state index contributed by atoms with van der Waals surface area (Å²) in [6, 6.07) is 15.4. The van der Waals surface area contributed by atoms with Gasteiger partial charge in [-0.15, -0.1) is 16.9 Å². The maximum Gasteiger partial charge on any atom is 0.358 e. The van der Waals surface area contributed by atoms with Gasteiger partial charge in [-0.2, -0.15) is 0 Å². The second-order valence-corrected chi connectivity index (χ2v) is 5.95. The van der Waals surface area contributed by atoms with Crippen molar-refractivity contribution in [2.75, 3.05) is 6.26 Å². The van der Waals surface area contributed by atoms with Crippen molar-refractivity contribution in [2.24, 2.45) is 0 Å². The van der Waals surface area contributed by atoms with Gasteiger partial charge in [-0.1, -0.05) is 41.1 Å². The summed E-state index contributed by atoms with van der Waals surface area (Å²) < 4.78 is 1.58. The van der Waals surface area contributed by atoms with E-state index in [-0.39, 0.29) is 5.69 Å². The van der Waals surface area contributed by atoms with Crippen molar-refractivity contribution in [3.63, 3.8) is 0 Å². The van der Waals surface area contributed by atoms with E-state index in [4.69, 9.17) is 0 Å². The molecule has 0 aliphatic rings. The zero-order valence-electron chi connectivity index (χ0n) is 12.7. The van der Waals surface area contributed by atoms with E-state index < -0.39 is 5.97 Å². The summed E-state index contributed by atoms with van der Waals surface area (Å²) >= 11 is 1.62. The number of carboxylic acid groups (broad SMARTS) is 1. The van der Waals surface area contributed by atoms with E-state index in [1.165, 1.54) is 0 Å². The van der Waals surface area contributed by atoms with Crippen LogP contribution in [0.5, 0.6) is 0 Å². The quantitative estimate of drug-likeness (QED) is 0.741. The van der Waals surface area contributed by atoms with Crippen molar-refractivity contribution in [1.29, 1.82) is 0 Å². The minimum atomic E-state index is -1.09. The Hall–Kier alpha value is -2.60. The number of hydrogen-bond acceptors (Lipinski definition) is 4. The van der Waals surface area contributed by atoms with Crippen LogP contribution in [0, 0.1) is 6.92 Å². The smallest absolute Gasteiger partial charge is 0.358 e. The molecule has 5 nitrogen and oxygen atoms in total. The molecule has 0 aliphatic heterocycles. The van der Waals surface area contributed by atoms with Crippen LogP contribution in [0.3, 0.4) is 0 Å². The van der Waals surface area contributed by atoms with E-state index >= 15 is 0 Å². The van der Waals surface area contributed by atoms with E-state index in [0.717, 1.165) is 21.7 Å². The summed E-state index contributed by atoms with van der Waals surface area (Å²) in [7, 11) is 0. The van der Waals surface area contributed by atoms with Gasteiger partial charge >= 0.3 is 5.97 Å². The minimum Gasteiger partial charge on any atom is -0.476 e. The molecule has 116 valence electrons. The highest BCUT2D eigenvalue weighted by Gasteiger charge is 2.21. The van der Waals surface area contributed by atoms with Crippen molar-refractivity contribution in [3.05, 3.63) is 59.8 Å². The lowest BCUT2D eigenvalue weighted by Crippen LogP contribution is -2.03. The molecule has 0 unspecified atom stereocenters. The van der Waals surface area contributed by atoms with E-state index in [1.807, 2.05) is 61.7 Å². The number of aromatic carboxylic acids is 1. The lowest BCUT2D eigenvalue weighted by molar-refractivity contribution is 0.0691. The number of benzene rings is 2. The molecule has 3 rings (SSSR count). The summed E-state index contributed by atoms with van der Waals surface area (Å²) in [5, 5.41) is 17.3. The predicted octanol–water partition coefficient (Wildman–Crippen LogP) is 3.66. The summed E-state index contributed by atoms with van der Waals surface area (Å²) in [5.74, 6) is -1.09. The van der Waals surface area contributed by atoms with Gasteiger partial charge in [0.15, 0.2) is 5.69 Å². The van der Waals surface area contributed by atoms with Gasteiger partial charge in [-0.25, -0.2) is 9.48 Å². The fourth-order valence-corrected chi connectivity index (χ4v) is 2.77. The monoisotopic (exact) mass is 325 g/mol.